The lowest BCUT2D eigenvalue weighted by Crippen LogP contribution is -2.05. The van der Waals surface area contributed by atoms with Crippen LogP contribution in [0.3, 0.4) is 0 Å². The van der Waals surface area contributed by atoms with Crippen molar-refractivity contribution in [3.05, 3.63) is 11.6 Å². The number of aromatic nitrogens is 4. The third-order valence-electron chi connectivity index (χ3n) is 4.46. The second-order valence-electron chi connectivity index (χ2n) is 6.22. The van der Waals surface area contributed by atoms with E-state index < -0.39 is 15.6 Å². The third kappa shape index (κ3) is 5.26. The molecular weight excluding hydrogens is 440 g/mol. The molecule has 1 aliphatic rings. The summed E-state index contributed by atoms with van der Waals surface area (Å²) in [5.41, 5.74) is 0.930. The number of hydrogen-bond donors (Lipinski definition) is 5. The first-order chi connectivity index (χ1) is 13.0. The number of rotatable bonds is 9. The fourth-order valence-electron chi connectivity index (χ4n) is 3.11. The highest BCUT2D eigenvalue weighted by Crippen LogP contribution is 2.52. The second kappa shape index (κ2) is 7.94. The van der Waals surface area contributed by atoms with Crippen molar-refractivity contribution in [2.45, 2.75) is 6.54 Å². The maximum atomic E-state index is 11.0. The van der Waals surface area contributed by atoms with Crippen molar-refractivity contribution in [2.24, 2.45) is 17.8 Å². The van der Waals surface area contributed by atoms with Crippen LogP contribution in [0.25, 0.3) is 11.2 Å². The quantitative estimate of drug-likeness (QED) is 0.261. The van der Waals surface area contributed by atoms with Crippen LogP contribution in [0.2, 0.25) is 5.28 Å². The van der Waals surface area contributed by atoms with Gasteiger partial charge in [-0.25, -0.2) is 14.1 Å². The molecule has 13 nitrogen and oxygen atoms in total. The Balaban J connectivity index is 1.78. The molecule has 0 radical (unpaired) electrons. The highest BCUT2D eigenvalue weighted by atomic mass is 35.5. The Morgan fingerprint density at radius 1 is 1.11 bits per heavy atom. The van der Waals surface area contributed by atoms with Gasteiger partial charge in [-0.15, -0.1) is 0 Å². The zero-order valence-corrected chi connectivity index (χ0v) is 17.0. The molecule has 1 aliphatic carbocycles. The Morgan fingerprint density at radius 2 is 1.68 bits per heavy atom. The number of imidazole rings is 1. The van der Waals surface area contributed by atoms with Crippen molar-refractivity contribution in [3.8, 4) is 0 Å². The van der Waals surface area contributed by atoms with Gasteiger partial charge in [0.25, 0.3) is 0 Å². The van der Waals surface area contributed by atoms with E-state index in [-0.39, 0.29) is 36.3 Å². The first-order valence-corrected chi connectivity index (χ1v) is 11.4. The molecule has 1 fully saturated rings. The molecule has 156 valence electrons. The Bertz CT molecular complexity index is 929. The normalized spacial score (nSPS) is 22.6. The summed E-state index contributed by atoms with van der Waals surface area (Å²) in [4.78, 5) is 48.0. The molecule has 3 rings (SSSR count). The van der Waals surface area contributed by atoms with Crippen molar-refractivity contribution in [1.82, 2.24) is 19.5 Å². The maximum Gasteiger partial charge on any atom is 0.469 e. The van der Waals surface area contributed by atoms with Gasteiger partial charge in [0.05, 0.1) is 19.5 Å². The van der Waals surface area contributed by atoms with Gasteiger partial charge >= 0.3 is 15.6 Å². The molecule has 0 spiro atoms. The molecule has 28 heavy (non-hydrogen) atoms. The zero-order valence-electron chi connectivity index (χ0n) is 14.4. The van der Waals surface area contributed by atoms with E-state index in [9.17, 15) is 9.13 Å². The van der Waals surface area contributed by atoms with Gasteiger partial charge in [-0.2, -0.15) is 9.97 Å². The van der Waals surface area contributed by atoms with Crippen LogP contribution < -0.4 is 5.32 Å². The van der Waals surface area contributed by atoms with Gasteiger partial charge in [0.15, 0.2) is 17.0 Å². The lowest BCUT2D eigenvalue weighted by molar-refractivity contribution is 0.166. The summed E-state index contributed by atoms with van der Waals surface area (Å²) in [6, 6.07) is 0. The monoisotopic (exact) mass is 457 g/mol. The molecule has 0 aliphatic heterocycles. The predicted molar refractivity (Wildman–Crippen MR) is 96.3 cm³/mol. The number of fused-ring (bicyclic) bond motifs is 1. The van der Waals surface area contributed by atoms with Crippen LogP contribution in [-0.2, 0) is 24.7 Å². The Morgan fingerprint density at radius 3 is 2.18 bits per heavy atom. The summed E-state index contributed by atoms with van der Waals surface area (Å²) < 4.78 is 32.7. The number of halogens is 1. The average Bonchev–Trinajstić information content (AvgIpc) is 3.08. The lowest BCUT2D eigenvalue weighted by Gasteiger charge is -2.06. The van der Waals surface area contributed by atoms with Crippen molar-refractivity contribution < 1.29 is 37.8 Å². The fourth-order valence-corrected chi connectivity index (χ4v) is 4.01. The molecule has 1 saturated carbocycles. The first kappa shape index (κ1) is 21.6. The van der Waals surface area contributed by atoms with E-state index in [1.54, 1.807) is 11.6 Å². The molecule has 0 unspecified atom stereocenters. The molecule has 0 aromatic carbocycles. The zero-order chi connectivity index (χ0) is 20.7. The first-order valence-electron chi connectivity index (χ1n) is 7.95. The van der Waals surface area contributed by atoms with E-state index in [2.05, 4.69) is 29.3 Å². The van der Waals surface area contributed by atoms with E-state index >= 15 is 0 Å². The van der Waals surface area contributed by atoms with Gasteiger partial charge in [0.1, 0.15) is 0 Å². The third-order valence-corrected chi connectivity index (χ3v) is 5.60. The maximum absolute atomic E-state index is 11.0. The number of nitrogens with one attached hydrogen (secondary N) is 1. The van der Waals surface area contributed by atoms with E-state index in [0.717, 1.165) is 0 Å². The van der Waals surface area contributed by atoms with Gasteiger partial charge < -0.3 is 29.5 Å². The summed E-state index contributed by atoms with van der Waals surface area (Å²) in [6.07, 6.45) is 1.51. The van der Waals surface area contributed by atoms with Crippen LogP contribution in [0.1, 0.15) is 0 Å². The van der Waals surface area contributed by atoms with E-state index in [1.807, 2.05) is 0 Å². The molecule has 16 heteroatoms. The fraction of sp³-hybridized carbons (Fsp3) is 0.583. The molecular formula is C12H18ClN5O8P2. The number of anilines is 1. The highest BCUT2D eigenvalue weighted by molar-refractivity contribution is 7.46. The summed E-state index contributed by atoms with van der Waals surface area (Å²) in [6.45, 7) is -0.264. The van der Waals surface area contributed by atoms with E-state index in [4.69, 9.17) is 31.2 Å². The van der Waals surface area contributed by atoms with Crippen LogP contribution in [0.4, 0.5) is 5.82 Å². The predicted octanol–water partition coefficient (Wildman–Crippen LogP) is 0.602. The van der Waals surface area contributed by atoms with Crippen LogP contribution in [0.15, 0.2) is 6.33 Å². The Hall–Kier alpha value is -1.14. The van der Waals surface area contributed by atoms with Crippen LogP contribution in [0, 0.1) is 17.8 Å². The largest absolute Gasteiger partial charge is 0.469 e. The number of phosphoric ester groups is 2. The average molecular weight is 458 g/mol. The lowest BCUT2D eigenvalue weighted by atomic mass is 10.3. The Kier molecular flexibility index (Phi) is 6.12. The summed E-state index contributed by atoms with van der Waals surface area (Å²) >= 11 is 5.92. The van der Waals surface area contributed by atoms with E-state index in [0.29, 0.717) is 23.5 Å². The molecule has 2 aromatic heterocycles. The summed E-state index contributed by atoms with van der Waals surface area (Å²) in [5, 5.41) is 2.87. The number of phosphoric acid groups is 2. The molecule has 2 heterocycles. The molecule has 0 amide bonds. The molecule has 0 bridgehead atoms. The minimum absolute atomic E-state index is 0.0113. The van der Waals surface area contributed by atoms with Crippen LogP contribution >= 0.6 is 27.2 Å². The highest BCUT2D eigenvalue weighted by Gasteiger charge is 2.51. The van der Waals surface area contributed by atoms with E-state index in [1.165, 1.54) is 6.33 Å². The van der Waals surface area contributed by atoms with Gasteiger partial charge in [-0.1, -0.05) is 0 Å². The van der Waals surface area contributed by atoms with Gasteiger partial charge in [-0.05, 0) is 29.4 Å². The standard InChI is InChI=1S/C12H18ClN5O8P2/c1-14-10-9-11(17-12(13)16-10)18(5-15-9)2-6-7(3-25-27(19,20)21)8(6)4-26-28(22,23)24/h5-8H,2-4H2,1H3,(H,14,16,17)(H2,19,20,21)(H2,22,23,24)/t7-,8-/m1/s1. The van der Waals surface area contributed by atoms with Gasteiger partial charge in [0.2, 0.25) is 5.28 Å². The molecule has 5 N–H and O–H groups in total. The van der Waals surface area contributed by atoms with Crippen LogP contribution in [0.5, 0.6) is 0 Å². The Labute approximate surface area is 163 Å². The molecule has 0 saturated heterocycles. The van der Waals surface area contributed by atoms with Gasteiger partial charge in [0, 0.05) is 13.6 Å². The smallest absolute Gasteiger partial charge is 0.371 e. The second-order valence-corrected chi connectivity index (χ2v) is 9.04. The SMILES string of the molecule is CNc1nc(Cl)nc2c1ncn2CC1[C@@H](COP(=O)(O)O)[C@@H]1COP(=O)(O)O. The van der Waals surface area contributed by atoms with Crippen molar-refractivity contribution in [1.29, 1.82) is 0 Å². The minimum Gasteiger partial charge on any atom is -0.371 e. The minimum atomic E-state index is -4.67. The molecule has 2 atom stereocenters. The number of nitrogens with zero attached hydrogens (tertiary/aromatic N) is 4. The van der Waals surface area contributed by atoms with Crippen molar-refractivity contribution in [2.75, 3.05) is 25.6 Å². The van der Waals surface area contributed by atoms with Crippen LogP contribution in [-0.4, -0.2) is 59.4 Å². The molecule has 2 aromatic rings. The van der Waals surface area contributed by atoms with Gasteiger partial charge in [-0.3, -0.25) is 9.05 Å². The summed E-state index contributed by atoms with van der Waals surface area (Å²) in [7, 11) is -7.69. The topological polar surface area (TPSA) is 189 Å². The summed E-state index contributed by atoms with van der Waals surface area (Å²) in [5.74, 6) is -0.551. The van der Waals surface area contributed by atoms with Crippen molar-refractivity contribution >= 4 is 44.2 Å². The van der Waals surface area contributed by atoms with Crippen molar-refractivity contribution in [3.63, 3.8) is 0 Å². The number of hydrogen-bond acceptors (Lipinski definition) is 8.